The van der Waals surface area contributed by atoms with Gasteiger partial charge in [0.05, 0.1) is 22.5 Å². The van der Waals surface area contributed by atoms with Crippen molar-refractivity contribution in [3.63, 3.8) is 0 Å². The van der Waals surface area contributed by atoms with Crippen molar-refractivity contribution in [3.8, 4) is 0 Å². The van der Waals surface area contributed by atoms with Gasteiger partial charge < -0.3 is 15.1 Å². The molecule has 2 aliphatic heterocycles. The highest BCUT2D eigenvalue weighted by molar-refractivity contribution is 5.82. The lowest BCUT2D eigenvalue weighted by Crippen LogP contribution is -2.47. The molecule has 2 unspecified atom stereocenters. The van der Waals surface area contributed by atoms with E-state index >= 15 is 0 Å². The molecule has 2 heterocycles. The molecule has 2 aliphatic rings. The fraction of sp³-hybridized carbons (Fsp3) is 0.700. The molecule has 1 N–H and O–H groups in total. The Hall–Kier alpha value is -1.64. The van der Waals surface area contributed by atoms with E-state index in [9.17, 15) is 26.3 Å². The average Bonchev–Trinajstić information content (AvgIpc) is 3.22. The maximum atomic E-state index is 13.8. The van der Waals surface area contributed by atoms with Crippen LogP contribution >= 0.6 is 0 Å². The van der Waals surface area contributed by atoms with Gasteiger partial charge in [0.25, 0.3) is 0 Å². The van der Waals surface area contributed by atoms with E-state index in [0.717, 1.165) is 25.5 Å². The first-order valence-corrected chi connectivity index (χ1v) is 10.2. The first-order chi connectivity index (χ1) is 13.6. The number of rotatable bonds is 6. The van der Waals surface area contributed by atoms with Gasteiger partial charge >= 0.3 is 12.4 Å². The number of nitrogens with one attached hydrogen (secondary N) is 1. The smallest absolute Gasteiger partial charge is 0.349 e. The summed E-state index contributed by atoms with van der Waals surface area (Å²) in [4.78, 5) is 3.42. The number of benzene rings is 1. The number of alkyl halides is 6. The van der Waals surface area contributed by atoms with E-state index < -0.39 is 23.5 Å². The Balaban J connectivity index is 2.16. The topological polar surface area (TPSA) is 18.5 Å². The van der Waals surface area contributed by atoms with Crippen LogP contribution in [0.15, 0.2) is 12.1 Å². The van der Waals surface area contributed by atoms with Crippen molar-refractivity contribution < 1.29 is 26.3 Å². The van der Waals surface area contributed by atoms with Gasteiger partial charge in [0.2, 0.25) is 0 Å². The second-order valence-electron chi connectivity index (χ2n) is 7.78. The first-order valence-electron chi connectivity index (χ1n) is 10.2. The van der Waals surface area contributed by atoms with Gasteiger partial charge in [-0.2, -0.15) is 26.3 Å². The van der Waals surface area contributed by atoms with E-state index in [2.05, 4.69) is 5.32 Å². The van der Waals surface area contributed by atoms with Crippen LogP contribution in [0.4, 0.5) is 37.7 Å². The fourth-order valence-electron chi connectivity index (χ4n) is 4.48. The molecule has 1 fully saturated rings. The predicted octanol–water partition coefficient (Wildman–Crippen LogP) is 5.64. The number of hydrogen-bond donors (Lipinski definition) is 1. The zero-order valence-corrected chi connectivity index (χ0v) is 16.6. The van der Waals surface area contributed by atoms with Gasteiger partial charge in [-0.15, -0.1) is 0 Å². The molecule has 3 rings (SSSR count). The molecule has 1 saturated heterocycles. The molecule has 164 valence electrons. The van der Waals surface area contributed by atoms with Crippen molar-refractivity contribution in [2.45, 2.75) is 70.5 Å². The van der Waals surface area contributed by atoms with E-state index in [1.807, 2.05) is 13.8 Å². The molecule has 0 bridgehead atoms. The molecule has 0 spiro atoms. The highest BCUT2D eigenvalue weighted by Crippen LogP contribution is 2.51. The maximum Gasteiger partial charge on any atom is 0.418 e. The third-order valence-corrected chi connectivity index (χ3v) is 5.63. The van der Waals surface area contributed by atoms with Crippen LogP contribution in [0.5, 0.6) is 0 Å². The average molecular weight is 423 g/mol. The van der Waals surface area contributed by atoms with Crippen LogP contribution in [-0.4, -0.2) is 31.8 Å². The third-order valence-electron chi connectivity index (χ3n) is 5.63. The van der Waals surface area contributed by atoms with Crippen molar-refractivity contribution in [1.29, 1.82) is 0 Å². The summed E-state index contributed by atoms with van der Waals surface area (Å²) in [6.07, 6.45) is -6.36. The minimum atomic E-state index is -4.87. The molecular weight excluding hydrogens is 396 g/mol. The van der Waals surface area contributed by atoms with Gasteiger partial charge in [-0.05, 0) is 44.4 Å². The summed E-state index contributed by atoms with van der Waals surface area (Å²) >= 11 is 0. The zero-order chi connectivity index (χ0) is 21.4. The van der Waals surface area contributed by atoms with Crippen LogP contribution in [0.2, 0.25) is 0 Å². The predicted molar refractivity (Wildman–Crippen MR) is 101 cm³/mol. The summed E-state index contributed by atoms with van der Waals surface area (Å²) in [7, 11) is 0. The minimum Gasteiger partial charge on any atom is -0.349 e. The summed E-state index contributed by atoms with van der Waals surface area (Å²) < 4.78 is 81.7. The quantitative estimate of drug-likeness (QED) is 0.598. The number of nitrogens with zero attached hydrogens (tertiary/aromatic N) is 2. The Bertz CT molecular complexity index is 709. The van der Waals surface area contributed by atoms with Gasteiger partial charge in [0, 0.05) is 25.6 Å². The fourth-order valence-corrected chi connectivity index (χ4v) is 4.48. The second-order valence-corrected chi connectivity index (χ2v) is 7.78. The standard InChI is InChI=1S/C20H27F6N3/c1-3-8-28-16-11-13(19(21,22)23)10-15(20(24,25)26)18(16)29(9-4-2)17(28)12-14-6-5-7-27-14/h10-11,14,17,27H,3-9,12H2,1-2H3. The lowest BCUT2D eigenvalue weighted by Gasteiger charge is -2.35. The van der Waals surface area contributed by atoms with E-state index in [4.69, 9.17) is 0 Å². The third kappa shape index (κ3) is 4.44. The normalized spacial score (nSPS) is 22.5. The Labute approximate surface area is 167 Å². The molecule has 0 saturated carbocycles. The molecule has 0 radical (unpaired) electrons. The van der Waals surface area contributed by atoms with Crippen molar-refractivity contribution in [3.05, 3.63) is 23.3 Å². The van der Waals surface area contributed by atoms with Gasteiger partial charge in [0.15, 0.2) is 0 Å². The number of anilines is 2. The number of fused-ring (bicyclic) bond motifs is 1. The van der Waals surface area contributed by atoms with Crippen molar-refractivity contribution in [1.82, 2.24) is 5.32 Å². The Morgan fingerprint density at radius 3 is 2.14 bits per heavy atom. The highest BCUT2D eigenvalue weighted by atomic mass is 19.4. The molecular formula is C20H27F6N3. The second kappa shape index (κ2) is 8.24. The van der Waals surface area contributed by atoms with Gasteiger partial charge in [-0.1, -0.05) is 13.8 Å². The van der Waals surface area contributed by atoms with Crippen LogP contribution in [0.3, 0.4) is 0 Å². The van der Waals surface area contributed by atoms with E-state index in [1.54, 1.807) is 9.80 Å². The molecule has 9 heteroatoms. The van der Waals surface area contributed by atoms with Crippen LogP contribution in [-0.2, 0) is 12.4 Å². The van der Waals surface area contributed by atoms with Gasteiger partial charge in [0.1, 0.15) is 6.17 Å². The molecule has 29 heavy (non-hydrogen) atoms. The van der Waals surface area contributed by atoms with Crippen molar-refractivity contribution in [2.75, 3.05) is 29.4 Å². The summed E-state index contributed by atoms with van der Waals surface area (Å²) in [5, 5.41) is 3.36. The Morgan fingerprint density at radius 1 is 0.966 bits per heavy atom. The minimum absolute atomic E-state index is 0.0467. The number of halogens is 6. The largest absolute Gasteiger partial charge is 0.418 e. The molecule has 1 aromatic rings. The molecule has 1 aromatic carbocycles. The Kier molecular flexibility index (Phi) is 6.27. The van der Waals surface area contributed by atoms with E-state index in [0.29, 0.717) is 32.4 Å². The molecule has 0 amide bonds. The van der Waals surface area contributed by atoms with Crippen LogP contribution in [0.1, 0.15) is 57.1 Å². The van der Waals surface area contributed by atoms with Crippen molar-refractivity contribution >= 4 is 11.4 Å². The molecule has 0 aliphatic carbocycles. The summed E-state index contributed by atoms with van der Waals surface area (Å²) in [5.74, 6) is 0. The van der Waals surface area contributed by atoms with E-state index in [1.165, 1.54) is 0 Å². The van der Waals surface area contributed by atoms with Gasteiger partial charge in [-0.3, -0.25) is 0 Å². The molecule has 3 nitrogen and oxygen atoms in total. The lowest BCUT2D eigenvalue weighted by molar-refractivity contribution is -0.142. The van der Waals surface area contributed by atoms with E-state index in [-0.39, 0.29) is 29.6 Å². The lowest BCUT2D eigenvalue weighted by atomic mass is 10.0. The summed E-state index contributed by atoms with van der Waals surface area (Å²) in [5.41, 5.74) is -2.51. The van der Waals surface area contributed by atoms with Gasteiger partial charge in [-0.25, -0.2) is 0 Å². The molecule has 0 aromatic heterocycles. The maximum absolute atomic E-state index is 13.8. The highest BCUT2D eigenvalue weighted by Gasteiger charge is 2.46. The number of hydrogen-bond acceptors (Lipinski definition) is 3. The van der Waals surface area contributed by atoms with Crippen molar-refractivity contribution in [2.24, 2.45) is 0 Å². The summed E-state index contributed by atoms with van der Waals surface area (Å²) in [6.45, 7) is 5.37. The zero-order valence-electron chi connectivity index (χ0n) is 16.6. The SMILES string of the molecule is CCCN1c2cc(C(F)(F)F)cc(C(F)(F)F)c2N(CCC)C1CC1CCCN1. The Morgan fingerprint density at radius 2 is 1.62 bits per heavy atom. The summed E-state index contributed by atoms with van der Waals surface area (Å²) in [6, 6.07) is 1.32. The van der Waals surface area contributed by atoms with Crippen LogP contribution in [0.25, 0.3) is 0 Å². The first kappa shape index (κ1) is 22.1. The monoisotopic (exact) mass is 423 g/mol. The van der Waals surface area contributed by atoms with Crippen LogP contribution in [0, 0.1) is 0 Å². The van der Waals surface area contributed by atoms with Crippen LogP contribution < -0.4 is 15.1 Å². The molecule has 2 atom stereocenters.